The van der Waals surface area contributed by atoms with Gasteiger partial charge in [-0.3, -0.25) is 4.79 Å². The smallest absolute Gasteiger partial charge is 0.232 e. The SMILES string of the molecule is Cl.Cl.O=C(NCCOc1ncccc1Cl)C1CCNC1. The summed E-state index contributed by atoms with van der Waals surface area (Å²) in [5.41, 5.74) is 0. The van der Waals surface area contributed by atoms with Crippen molar-refractivity contribution < 1.29 is 9.53 Å². The maximum Gasteiger partial charge on any atom is 0.232 e. The molecule has 2 N–H and O–H groups in total. The third kappa shape index (κ3) is 5.71. The lowest BCUT2D eigenvalue weighted by Crippen LogP contribution is -2.34. The van der Waals surface area contributed by atoms with Gasteiger partial charge < -0.3 is 15.4 Å². The Bertz CT molecular complexity index is 415. The van der Waals surface area contributed by atoms with E-state index < -0.39 is 0 Å². The molecule has 1 fully saturated rings. The van der Waals surface area contributed by atoms with E-state index in [0.29, 0.717) is 24.1 Å². The molecule has 2 heterocycles. The molecule has 1 amide bonds. The summed E-state index contributed by atoms with van der Waals surface area (Å²) in [6, 6.07) is 3.46. The number of hydrogen-bond donors (Lipinski definition) is 2. The number of nitrogens with one attached hydrogen (secondary N) is 2. The van der Waals surface area contributed by atoms with Crippen molar-refractivity contribution in [1.82, 2.24) is 15.6 Å². The van der Waals surface area contributed by atoms with Crippen LogP contribution in [0.25, 0.3) is 0 Å². The zero-order chi connectivity index (χ0) is 12.8. The molecule has 1 unspecified atom stereocenters. The number of halogens is 3. The van der Waals surface area contributed by atoms with E-state index in [1.807, 2.05) is 0 Å². The predicted octanol–water partition coefficient (Wildman–Crippen LogP) is 1.68. The molecule has 1 aliphatic rings. The van der Waals surface area contributed by atoms with Crippen molar-refractivity contribution in [3.05, 3.63) is 23.4 Å². The number of carbonyl (C=O) groups is 1. The number of ether oxygens (including phenoxy) is 1. The summed E-state index contributed by atoms with van der Waals surface area (Å²) in [5, 5.41) is 6.47. The van der Waals surface area contributed by atoms with Gasteiger partial charge in [0.15, 0.2) is 0 Å². The number of pyridine rings is 1. The van der Waals surface area contributed by atoms with Gasteiger partial charge in [0, 0.05) is 12.7 Å². The minimum Gasteiger partial charge on any atom is -0.475 e. The first-order chi connectivity index (χ1) is 8.77. The molecule has 1 atom stereocenters. The highest BCUT2D eigenvalue weighted by atomic mass is 35.5. The molecular weight excluding hydrogens is 325 g/mol. The van der Waals surface area contributed by atoms with Gasteiger partial charge in [0.05, 0.1) is 12.5 Å². The van der Waals surface area contributed by atoms with E-state index in [0.717, 1.165) is 19.5 Å². The average molecular weight is 343 g/mol. The van der Waals surface area contributed by atoms with E-state index in [1.165, 1.54) is 0 Å². The van der Waals surface area contributed by atoms with Gasteiger partial charge >= 0.3 is 0 Å². The normalized spacial score (nSPS) is 16.8. The zero-order valence-electron chi connectivity index (χ0n) is 10.8. The Morgan fingerprint density at radius 3 is 3.00 bits per heavy atom. The topological polar surface area (TPSA) is 63.2 Å². The minimum absolute atomic E-state index is 0. The van der Waals surface area contributed by atoms with Gasteiger partial charge in [-0.1, -0.05) is 11.6 Å². The van der Waals surface area contributed by atoms with E-state index in [4.69, 9.17) is 16.3 Å². The summed E-state index contributed by atoms with van der Waals surface area (Å²) in [7, 11) is 0. The second-order valence-electron chi connectivity index (χ2n) is 4.12. The number of rotatable bonds is 5. The molecule has 114 valence electrons. The Kier molecular flexibility index (Phi) is 9.67. The average Bonchev–Trinajstić information content (AvgIpc) is 2.90. The Labute approximate surface area is 135 Å². The van der Waals surface area contributed by atoms with Gasteiger partial charge in [-0.15, -0.1) is 24.8 Å². The number of hydrogen-bond acceptors (Lipinski definition) is 4. The molecular formula is C12H18Cl3N3O2. The molecule has 2 rings (SSSR count). The summed E-state index contributed by atoms with van der Waals surface area (Å²) in [6.45, 7) is 2.50. The van der Waals surface area contributed by atoms with Crippen LogP contribution in [-0.2, 0) is 4.79 Å². The van der Waals surface area contributed by atoms with Crippen LogP contribution in [0.5, 0.6) is 5.88 Å². The quantitative estimate of drug-likeness (QED) is 0.799. The molecule has 0 spiro atoms. The molecule has 1 aliphatic heterocycles. The third-order valence-electron chi connectivity index (χ3n) is 2.80. The lowest BCUT2D eigenvalue weighted by atomic mass is 10.1. The molecule has 20 heavy (non-hydrogen) atoms. The Hall–Kier alpha value is -0.750. The molecule has 0 bridgehead atoms. The second kappa shape index (κ2) is 10.0. The summed E-state index contributed by atoms with van der Waals surface area (Å²) in [5.74, 6) is 0.565. The van der Waals surface area contributed by atoms with Crippen molar-refractivity contribution >= 4 is 42.3 Å². The fourth-order valence-corrected chi connectivity index (χ4v) is 2.00. The van der Waals surface area contributed by atoms with Crippen LogP contribution in [0.15, 0.2) is 18.3 Å². The maximum atomic E-state index is 11.7. The van der Waals surface area contributed by atoms with Gasteiger partial charge in [0.25, 0.3) is 0 Å². The van der Waals surface area contributed by atoms with Crippen LogP contribution >= 0.6 is 36.4 Å². The van der Waals surface area contributed by atoms with Crippen molar-refractivity contribution in [2.75, 3.05) is 26.2 Å². The van der Waals surface area contributed by atoms with Gasteiger partial charge in [-0.05, 0) is 25.1 Å². The van der Waals surface area contributed by atoms with Crippen molar-refractivity contribution in [2.24, 2.45) is 5.92 Å². The summed E-state index contributed by atoms with van der Waals surface area (Å²) < 4.78 is 5.38. The number of aromatic nitrogens is 1. The lowest BCUT2D eigenvalue weighted by molar-refractivity contribution is -0.124. The Balaban J connectivity index is 0.00000180. The first kappa shape index (κ1) is 19.2. The van der Waals surface area contributed by atoms with Gasteiger partial charge in [-0.25, -0.2) is 4.98 Å². The highest BCUT2D eigenvalue weighted by Gasteiger charge is 2.21. The predicted molar refractivity (Wildman–Crippen MR) is 83.2 cm³/mol. The highest BCUT2D eigenvalue weighted by Crippen LogP contribution is 2.19. The highest BCUT2D eigenvalue weighted by molar-refractivity contribution is 6.31. The van der Waals surface area contributed by atoms with Crippen LogP contribution < -0.4 is 15.4 Å². The Morgan fingerprint density at radius 1 is 1.55 bits per heavy atom. The van der Waals surface area contributed by atoms with Gasteiger partial charge in [-0.2, -0.15) is 0 Å². The molecule has 0 saturated carbocycles. The molecule has 1 saturated heterocycles. The molecule has 5 nitrogen and oxygen atoms in total. The largest absolute Gasteiger partial charge is 0.475 e. The molecule has 0 aromatic carbocycles. The minimum atomic E-state index is 0. The first-order valence-electron chi connectivity index (χ1n) is 5.99. The summed E-state index contributed by atoms with van der Waals surface area (Å²) in [6.07, 6.45) is 2.52. The second-order valence-corrected chi connectivity index (χ2v) is 4.53. The summed E-state index contributed by atoms with van der Waals surface area (Å²) >= 11 is 5.89. The van der Waals surface area contributed by atoms with Crippen molar-refractivity contribution in [2.45, 2.75) is 6.42 Å². The van der Waals surface area contributed by atoms with Gasteiger partial charge in [0.2, 0.25) is 11.8 Å². The number of nitrogens with zero attached hydrogens (tertiary/aromatic N) is 1. The monoisotopic (exact) mass is 341 g/mol. The van der Waals surface area contributed by atoms with E-state index in [2.05, 4.69) is 15.6 Å². The van der Waals surface area contributed by atoms with E-state index in [1.54, 1.807) is 18.3 Å². The fourth-order valence-electron chi connectivity index (χ4n) is 1.82. The molecule has 8 heteroatoms. The third-order valence-corrected chi connectivity index (χ3v) is 3.08. The van der Waals surface area contributed by atoms with Crippen molar-refractivity contribution in [3.63, 3.8) is 0 Å². The van der Waals surface area contributed by atoms with Gasteiger partial charge in [0.1, 0.15) is 11.6 Å². The lowest BCUT2D eigenvalue weighted by Gasteiger charge is -2.10. The van der Waals surface area contributed by atoms with E-state index in [9.17, 15) is 4.79 Å². The van der Waals surface area contributed by atoms with Crippen LogP contribution in [0.2, 0.25) is 5.02 Å². The van der Waals surface area contributed by atoms with E-state index in [-0.39, 0.29) is 36.6 Å². The standard InChI is InChI=1S/C12H16ClN3O2.2ClH/c13-10-2-1-4-16-12(10)18-7-6-15-11(17)9-3-5-14-8-9;;/h1-2,4,9,14H,3,5-8H2,(H,15,17);2*1H. The molecule has 1 aromatic rings. The Morgan fingerprint density at radius 2 is 2.35 bits per heavy atom. The molecule has 0 radical (unpaired) electrons. The number of carbonyl (C=O) groups excluding carboxylic acids is 1. The number of amides is 1. The van der Waals surface area contributed by atoms with Crippen molar-refractivity contribution in [3.8, 4) is 5.88 Å². The van der Waals surface area contributed by atoms with Crippen LogP contribution in [0.1, 0.15) is 6.42 Å². The molecule has 1 aromatic heterocycles. The van der Waals surface area contributed by atoms with Crippen LogP contribution in [0, 0.1) is 5.92 Å². The summed E-state index contributed by atoms with van der Waals surface area (Å²) in [4.78, 5) is 15.7. The van der Waals surface area contributed by atoms with Crippen LogP contribution in [-0.4, -0.2) is 37.1 Å². The first-order valence-corrected chi connectivity index (χ1v) is 6.37. The zero-order valence-corrected chi connectivity index (χ0v) is 13.2. The van der Waals surface area contributed by atoms with Crippen LogP contribution in [0.3, 0.4) is 0 Å². The van der Waals surface area contributed by atoms with Crippen LogP contribution in [0.4, 0.5) is 0 Å². The van der Waals surface area contributed by atoms with E-state index >= 15 is 0 Å². The maximum absolute atomic E-state index is 11.7. The molecule has 0 aliphatic carbocycles. The van der Waals surface area contributed by atoms with Crippen molar-refractivity contribution in [1.29, 1.82) is 0 Å². The fraction of sp³-hybridized carbons (Fsp3) is 0.500.